The van der Waals surface area contributed by atoms with Gasteiger partial charge in [0.15, 0.2) is 4.67 Å². The van der Waals surface area contributed by atoms with Crippen LogP contribution in [0.25, 0.3) is 0 Å². The van der Waals surface area contributed by atoms with E-state index in [1.807, 2.05) is 37.8 Å². The molecule has 1 N–H and O–H groups in total. The van der Waals surface area contributed by atoms with E-state index < -0.39 is 5.60 Å². The minimum atomic E-state index is -0.442. The molecule has 23 heavy (non-hydrogen) atoms. The predicted molar refractivity (Wildman–Crippen MR) is 93.4 cm³/mol. The molecule has 2 rings (SSSR count). The fourth-order valence-electron chi connectivity index (χ4n) is 2.77. The van der Waals surface area contributed by atoms with Crippen molar-refractivity contribution in [1.29, 1.82) is 0 Å². The fraction of sp³-hybridized carbons (Fsp3) is 0.706. The first-order valence-corrected chi connectivity index (χ1v) is 9.03. The summed E-state index contributed by atoms with van der Waals surface area (Å²) in [6, 6.07) is 4.41. The molecule has 0 aromatic carbocycles. The molecule has 2 unspecified atom stereocenters. The molecule has 1 aliphatic heterocycles. The van der Waals surface area contributed by atoms with Gasteiger partial charge in [-0.3, -0.25) is 0 Å². The van der Waals surface area contributed by atoms with Gasteiger partial charge in [0.2, 0.25) is 0 Å². The Kier molecular flexibility index (Phi) is 6.14. The maximum atomic E-state index is 12.2. The van der Waals surface area contributed by atoms with Crippen molar-refractivity contribution in [3.8, 4) is 0 Å². The van der Waals surface area contributed by atoms with Crippen LogP contribution in [0.3, 0.4) is 0 Å². The third kappa shape index (κ3) is 5.84. The highest BCUT2D eigenvalue weighted by atomic mass is 79.9. The summed E-state index contributed by atoms with van der Waals surface area (Å²) in [4.78, 5) is 14.0. The monoisotopic (exact) mass is 386 g/mol. The van der Waals surface area contributed by atoms with Crippen LogP contribution < -0.4 is 5.32 Å². The van der Waals surface area contributed by atoms with Gasteiger partial charge in [0.05, 0.1) is 6.04 Å². The number of hydrogen-bond donors (Lipinski definition) is 1. The molecule has 2 atom stereocenters. The van der Waals surface area contributed by atoms with Crippen LogP contribution in [0.15, 0.2) is 21.2 Å². The van der Waals surface area contributed by atoms with Gasteiger partial charge in [0.1, 0.15) is 11.4 Å². The van der Waals surface area contributed by atoms with E-state index in [2.05, 4.69) is 28.2 Å². The number of amides is 1. The van der Waals surface area contributed by atoms with E-state index in [-0.39, 0.29) is 12.1 Å². The summed E-state index contributed by atoms with van der Waals surface area (Å²) in [7, 11) is 0. The molecule has 0 bridgehead atoms. The van der Waals surface area contributed by atoms with E-state index in [0.29, 0.717) is 6.04 Å². The lowest BCUT2D eigenvalue weighted by Crippen LogP contribution is -2.38. The molecule has 1 amide bonds. The zero-order valence-corrected chi connectivity index (χ0v) is 16.0. The summed E-state index contributed by atoms with van der Waals surface area (Å²) in [5.74, 6) is 0.921. The van der Waals surface area contributed by atoms with Crippen LogP contribution in [0, 0.1) is 0 Å². The number of carbonyl (C=O) groups excluding carboxylic acids is 1. The lowest BCUT2D eigenvalue weighted by Gasteiger charge is -2.26. The number of ether oxygens (including phenoxy) is 1. The summed E-state index contributed by atoms with van der Waals surface area (Å²) in [6.45, 7) is 9.28. The van der Waals surface area contributed by atoms with Crippen molar-refractivity contribution < 1.29 is 13.9 Å². The molecular formula is C17H27BrN2O3. The van der Waals surface area contributed by atoms with E-state index in [1.54, 1.807) is 0 Å². The predicted octanol–water partition coefficient (Wildman–Crippen LogP) is 4.48. The van der Waals surface area contributed by atoms with Crippen LogP contribution in [0.5, 0.6) is 0 Å². The normalized spacial score (nSPS) is 20.9. The number of nitrogens with one attached hydrogen (secondary N) is 1. The zero-order valence-electron chi connectivity index (χ0n) is 14.4. The highest BCUT2D eigenvalue weighted by Gasteiger charge is 2.26. The van der Waals surface area contributed by atoms with E-state index in [9.17, 15) is 4.79 Å². The third-order valence-corrected chi connectivity index (χ3v) is 4.31. The van der Waals surface area contributed by atoms with Gasteiger partial charge in [-0.05, 0) is 75.0 Å². The quantitative estimate of drug-likeness (QED) is 0.831. The first-order chi connectivity index (χ1) is 10.7. The molecule has 130 valence electrons. The van der Waals surface area contributed by atoms with Gasteiger partial charge in [-0.15, -0.1) is 0 Å². The zero-order chi connectivity index (χ0) is 17.0. The maximum absolute atomic E-state index is 12.2. The second-order valence-corrected chi connectivity index (χ2v) is 7.91. The molecule has 0 radical (unpaired) electrons. The highest BCUT2D eigenvalue weighted by Crippen LogP contribution is 2.22. The van der Waals surface area contributed by atoms with Crippen molar-refractivity contribution in [1.82, 2.24) is 10.2 Å². The molecule has 1 saturated heterocycles. The SMILES string of the molecule is CC(NC1CCCN(C(=O)OC(C)(C)C)CC1)c1ccc(Br)o1. The summed E-state index contributed by atoms with van der Waals surface area (Å²) in [6.07, 6.45) is 2.74. The number of likely N-dealkylation sites (tertiary alicyclic amines) is 1. The number of furan rings is 1. The van der Waals surface area contributed by atoms with Gasteiger partial charge in [-0.2, -0.15) is 0 Å². The Labute approximate surface area is 146 Å². The molecule has 0 aliphatic carbocycles. The average Bonchev–Trinajstić information content (AvgIpc) is 2.73. The molecule has 1 aromatic heterocycles. The minimum absolute atomic E-state index is 0.152. The van der Waals surface area contributed by atoms with E-state index in [4.69, 9.17) is 9.15 Å². The van der Waals surface area contributed by atoms with Crippen molar-refractivity contribution in [2.45, 2.75) is 64.6 Å². The van der Waals surface area contributed by atoms with Gasteiger partial charge >= 0.3 is 6.09 Å². The summed E-state index contributed by atoms with van der Waals surface area (Å²) in [5, 5.41) is 3.60. The maximum Gasteiger partial charge on any atom is 0.410 e. The first kappa shape index (κ1) is 18.3. The smallest absolute Gasteiger partial charge is 0.410 e. The van der Waals surface area contributed by atoms with Gasteiger partial charge in [0.25, 0.3) is 0 Å². The van der Waals surface area contributed by atoms with Crippen LogP contribution in [0.2, 0.25) is 0 Å². The third-order valence-electron chi connectivity index (χ3n) is 3.89. The standard InChI is InChI=1S/C17H27BrN2O3/c1-12(14-7-8-15(18)22-14)19-13-6-5-10-20(11-9-13)16(21)23-17(2,3)4/h7-8,12-13,19H,5-6,9-11H2,1-4H3. The Morgan fingerprint density at radius 2 is 2.13 bits per heavy atom. The van der Waals surface area contributed by atoms with Crippen LogP contribution >= 0.6 is 15.9 Å². The van der Waals surface area contributed by atoms with Crippen LogP contribution in [0.4, 0.5) is 4.79 Å². The van der Waals surface area contributed by atoms with E-state index in [1.165, 1.54) is 0 Å². The lowest BCUT2D eigenvalue weighted by atomic mass is 10.1. The van der Waals surface area contributed by atoms with Gasteiger partial charge in [-0.25, -0.2) is 4.79 Å². The number of hydrogen-bond acceptors (Lipinski definition) is 4. The first-order valence-electron chi connectivity index (χ1n) is 8.24. The Hall–Kier alpha value is -1.01. The number of rotatable bonds is 3. The Bertz CT molecular complexity index is 524. The highest BCUT2D eigenvalue weighted by molar-refractivity contribution is 9.10. The molecule has 5 nitrogen and oxygen atoms in total. The van der Waals surface area contributed by atoms with Crippen LogP contribution in [0.1, 0.15) is 58.8 Å². The lowest BCUT2D eigenvalue weighted by molar-refractivity contribution is 0.0256. The Morgan fingerprint density at radius 1 is 1.39 bits per heavy atom. The Morgan fingerprint density at radius 3 is 2.74 bits per heavy atom. The molecule has 2 heterocycles. The van der Waals surface area contributed by atoms with E-state index in [0.717, 1.165) is 42.8 Å². The van der Waals surface area contributed by atoms with Crippen molar-refractivity contribution in [3.05, 3.63) is 22.6 Å². The number of carbonyl (C=O) groups is 1. The molecule has 1 aromatic rings. The second kappa shape index (κ2) is 7.71. The molecular weight excluding hydrogens is 360 g/mol. The molecule has 0 saturated carbocycles. The summed E-state index contributed by atoms with van der Waals surface area (Å²) >= 11 is 3.33. The average molecular weight is 387 g/mol. The van der Waals surface area contributed by atoms with Crippen molar-refractivity contribution >= 4 is 22.0 Å². The molecule has 1 aliphatic rings. The van der Waals surface area contributed by atoms with Crippen LogP contribution in [-0.4, -0.2) is 35.7 Å². The Balaban J connectivity index is 1.85. The summed E-state index contributed by atoms with van der Waals surface area (Å²) < 4.78 is 11.8. The second-order valence-electron chi connectivity index (χ2n) is 7.13. The number of nitrogens with zero attached hydrogens (tertiary/aromatic N) is 1. The summed E-state index contributed by atoms with van der Waals surface area (Å²) in [5.41, 5.74) is -0.442. The van der Waals surface area contributed by atoms with Crippen molar-refractivity contribution in [2.75, 3.05) is 13.1 Å². The topological polar surface area (TPSA) is 54.7 Å². The largest absolute Gasteiger partial charge is 0.453 e. The molecule has 1 fully saturated rings. The minimum Gasteiger partial charge on any atom is -0.453 e. The fourth-order valence-corrected chi connectivity index (χ4v) is 3.09. The van der Waals surface area contributed by atoms with Crippen molar-refractivity contribution in [3.63, 3.8) is 0 Å². The van der Waals surface area contributed by atoms with Gasteiger partial charge in [-0.1, -0.05) is 0 Å². The molecule has 6 heteroatoms. The van der Waals surface area contributed by atoms with E-state index >= 15 is 0 Å². The number of halogens is 1. The molecule has 0 spiro atoms. The van der Waals surface area contributed by atoms with Crippen LogP contribution in [-0.2, 0) is 4.74 Å². The van der Waals surface area contributed by atoms with Crippen molar-refractivity contribution in [2.24, 2.45) is 0 Å². The van der Waals surface area contributed by atoms with Gasteiger partial charge < -0.3 is 19.4 Å². The van der Waals surface area contributed by atoms with Gasteiger partial charge in [0, 0.05) is 19.1 Å².